The Morgan fingerprint density at radius 2 is 2.21 bits per heavy atom. The van der Waals surface area contributed by atoms with E-state index in [9.17, 15) is 9.90 Å². The number of benzene rings is 1. The summed E-state index contributed by atoms with van der Waals surface area (Å²) in [6.07, 6.45) is 0.735. The highest BCUT2D eigenvalue weighted by Gasteiger charge is 2.24. The van der Waals surface area contributed by atoms with Gasteiger partial charge >= 0.3 is 0 Å². The van der Waals surface area contributed by atoms with Crippen LogP contribution in [0.1, 0.15) is 17.3 Å². The number of rotatable bonds is 1. The molecule has 1 aliphatic rings. The van der Waals surface area contributed by atoms with Crippen LogP contribution in [0.2, 0.25) is 0 Å². The third-order valence-corrected chi connectivity index (χ3v) is 4.10. The summed E-state index contributed by atoms with van der Waals surface area (Å²) in [6.45, 7) is 0.444. The summed E-state index contributed by atoms with van der Waals surface area (Å²) in [5.74, 6) is 1.07. The van der Waals surface area contributed by atoms with E-state index in [4.69, 9.17) is 4.74 Å². The Labute approximate surface area is 122 Å². The molecule has 0 radical (unpaired) electrons. The van der Waals surface area contributed by atoms with Crippen LogP contribution in [0.3, 0.4) is 0 Å². The largest absolute Gasteiger partial charge is 0.493 e. The molecule has 0 aliphatic carbocycles. The minimum Gasteiger partial charge on any atom is -0.493 e. The molecule has 0 fully saturated rings. The Hall–Kier alpha value is -1.57. The highest BCUT2D eigenvalue weighted by Crippen LogP contribution is 2.31. The molecular formula is C13H11IN2O3. The molecule has 2 N–H and O–H groups in total. The zero-order valence-electron chi connectivity index (χ0n) is 9.89. The van der Waals surface area contributed by atoms with Crippen molar-refractivity contribution in [3.8, 4) is 11.6 Å². The molecule has 0 bridgehead atoms. The smallest absolute Gasteiger partial charge is 0.268 e. The number of nitrogens with zero attached hydrogens (tertiary/aromatic N) is 1. The van der Waals surface area contributed by atoms with Crippen LogP contribution in [0.15, 0.2) is 29.1 Å². The second-order valence-electron chi connectivity index (χ2n) is 4.41. The molecule has 1 aromatic heterocycles. The lowest BCUT2D eigenvalue weighted by Gasteiger charge is -2.24. The minimum absolute atomic E-state index is 0.0505. The molecule has 2 aromatic rings. The summed E-state index contributed by atoms with van der Waals surface area (Å²) in [5.41, 5.74) is 0.765. The van der Waals surface area contributed by atoms with Gasteiger partial charge in [0.05, 0.1) is 12.5 Å². The Morgan fingerprint density at radius 1 is 1.42 bits per heavy atom. The molecule has 1 aliphatic heterocycles. The maximum atomic E-state index is 11.6. The highest BCUT2D eigenvalue weighted by atomic mass is 127. The van der Waals surface area contributed by atoms with Crippen molar-refractivity contribution in [3.63, 3.8) is 0 Å². The Kier molecular flexibility index (Phi) is 3.17. The lowest BCUT2D eigenvalue weighted by molar-refractivity contribution is 0.256. The second-order valence-corrected chi connectivity index (χ2v) is 5.49. The summed E-state index contributed by atoms with van der Waals surface area (Å²) in [4.78, 5) is 18.4. The van der Waals surface area contributed by atoms with Crippen molar-refractivity contribution in [3.05, 3.63) is 49.6 Å². The molecule has 3 rings (SSSR count). The first kappa shape index (κ1) is 12.5. The fraction of sp³-hybridized carbons (Fsp3) is 0.231. The van der Waals surface area contributed by atoms with E-state index in [1.165, 1.54) is 0 Å². The number of nitrogens with one attached hydrogen (secondary N) is 1. The predicted octanol–water partition coefficient (Wildman–Crippen LogP) is 1.80. The average Bonchev–Trinajstić information content (AvgIpc) is 2.43. The van der Waals surface area contributed by atoms with Crippen LogP contribution >= 0.6 is 22.6 Å². The van der Waals surface area contributed by atoms with Gasteiger partial charge in [0, 0.05) is 0 Å². The van der Waals surface area contributed by atoms with Crippen LogP contribution in [-0.2, 0) is 6.42 Å². The van der Waals surface area contributed by atoms with Crippen molar-refractivity contribution in [2.24, 2.45) is 0 Å². The first-order valence-electron chi connectivity index (χ1n) is 5.84. The van der Waals surface area contributed by atoms with E-state index in [0.29, 0.717) is 12.4 Å². The lowest BCUT2D eigenvalue weighted by Crippen LogP contribution is -2.24. The molecule has 1 unspecified atom stereocenters. The van der Waals surface area contributed by atoms with Gasteiger partial charge in [0.15, 0.2) is 0 Å². The van der Waals surface area contributed by atoms with E-state index in [0.717, 1.165) is 17.7 Å². The van der Waals surface area contributed by atoms with E-state index >= 15 is 0 Å². The van der Waals surface area contributed by atoms with Crippen molar-refractivity contribution in [2.75, 3.05) is 6.61 Å². The molecule has 1 atom stereocenters. The molecule has 0 amide bonds. The summed E-state index contributed by atoms with van der Waals surface area (Å²) in [5, 5.41) is 9.63. The Bertz CT molecular complexity index is 684. The predicted molar refractivity (Wildman–Crippen MR) is 77.6 cm³/mol. The minimum atomic E-state index is -0.318. The van der Waals surface area contributed by atoms with Crippen molar-refractivity contribution < 1.29 is 9.84 Å². The van der Waals surface area contributed by atoms with Crippen molar-refractivity contribution in [1.29, 1.82) is 0 Å². The van der Waals surface area contributed by atoms with Gasteiger partial charge in [-0.25, -0.2) is 0 Å². The molecule has 6 heteroatoms. The number of fused-ring (bicyclic) bond motifs is 1. The van der Waals surface area contributed by atoms with Gasteiger partial charge in [-0.2, -0.15) is 4.98 Å². The van der Waals surface area contributed by atoms with Crippen molar-refractivity contribution >= 4 is 22.6 Å². The molecule has 5 nitrogen and oxygen atoms in total. The van der Waals surface area contributed by atoms with Crippen LogP contribution in [0.5, 0.6) is 11.6 Å². The number of ether oxygens (including phenoxy) is 1. The van der Waals surface area contributed by atoms with Gasteiger partial charge < -0.3 is 14.8 Å². The number of halogens is 1. The van der Waals surface area contributed by atoms with E-state index in [2.05, 4.69) is 9.97 Å². The first-order valence-corrected chi connectivity index (χ1v) is 6.92. The third kappa shape index (κ3) is 2.32. The van der Waals surface area contributed by atoms with Crippen LogP contribution in [0, 0.1) is 3.57 Å². The van der Waals surface area contributed by atoms with Gasteiger partial charge in [-0.3, -0.25) is 4.79 Å². The molecule has 19 heavy (non-hydrogen) atoms. The quantitative estimate of drug-likeness (QED) is 0.751. The summed E-state index contributed by atoms with van der Waals surface area (Å²) in [7, 11) is 0. The van der Waals surface area contributed by atoms with Gasteiger partial charge in [-0.05, 0) is 40.6 Å². The molecule has 2 heterocycles. The van der Waals surface area contributed by atoms with Crippen LogP contribution in [0.25, 0.3) is 0 Å². The van der Waals surface area contributed by atoms with Crippen molar-refractivity contribution in [2.45, 2.75) is 12.3 Å². The van der Waals surface area contributed by atoms with Gasteiger partial charge in [-0.15, -0.1) is 0 Å². The zero-order valence-corrected chi connectivity index (χ0v) is 12.0. The lowest BCUT2D eigenvalue weighted by atomic mass is 9.96. The normalized spacial score (nSPS) is 17.6. The van der Waals surface area contributed by atoms with Crippen LogP contribution in [-0.4, -0.2) is 21.7 Å². The Balaban J connectivity index is 1.95. The number of hydrogen-bond acceptors (Lipinski definition) is 4. The number of aromatic nitrogens is 2. The summed E-state index contributed by atoms with van der Waals surface area (Å²) >= 11 is 1.77. The van der Waals surface area contributed by atoms with Gasteiger partial charge in [0.25, 0.3) is 5.56 Å². The number of hydrogen-bond donors (Lipinski definition) is 2. The maximum Gasteiger partial charge on any atom is 0.268 e. The number of para-hydroxylation sites is 1. The van der Waals surface area contributed by atoms with E-state index < -0.39 is 0 Å². The number of H-pyrrole nitrogens is 1. The first-order chi connectivity index (χ1) is 9.15. The summed E-state index contributed by atoms with van der Waals surface area (Å²) in [6, 6.07) is 7.79. The van der Waals surface area contributed by atoms with Crippen LogP contribution < -0.4 is 10.3 Å². The fourth-order valence-corrected chi connectivity index (χ4v) is 2.42. The summed E-state index contributed by atoms with van der Waals surface area (Å²) < 4.78 is 5.86. The van der Waals surface area contributed by atoms with Crippen molar-refractivity contribution in [1.82, 2.24) is 9.97 Å². The van der Waals surface area contributed by atoms with E-state index in [-0.39, 0.29) is 20.9 Å². The SMILES string of the molecule is O=c1[nH]c(C2COc3ccccc3C2)nc(O)c1I. The second kappa shape index (κ2) is 4.84. The molecule has 0 saturated carbocycles. The van der Waals surface area contributed by atoms with E-state index in [1.807, 2.05) is 24.3 Å². The van der Waals surface area contributed by atoms with Crippen LogP contribution in [0.4, 0.5) is 0 Å². The standard InChI is InChI=1S/C13H11IN2O3/c14-10-12(17)15-11(16-13(10)18)8-5-7-3-1-2-4-9(7)19-6-8/h1-4,8H,5-6H2,(H2,15,16,17,18). The highest BCUT2D eigenvalue weighted by molar-refractivity contribution is 14.1. The average molecular weight is 370 g/mol. The molecule has 98 valence electrons. The topological polar surface area (TPSA) is 75.2 Å². The van der Waals surface area contributed by atoms with Gasteiger partial charge in [0.1, 0.15) is 15.1 Å². The molecular weight excluding hydrogens is 359 g/mol. The third-order valence-electron chi connectivity index (χ3n) is 3.13. The molecule has 1 aromatic carbocycles. The molecule has 0 spiro atoms. The van der Waals surface area contributed by atoms with E-state index in [1.54, 1.807) is 22.6 Å². The number of aromatic amines is 1. The fourth-order valence-electron chi connectivity index (χ4n) is 2.16. The number of aromatic hydroxyl groups is 1. The monoisotopic (exact) mass is 370 g/mol. The van der Waals surface area contributed by atoms with Gasteiger partial charge in [0.2, 0.25) is 5.88 Å². The maximum absolute atomic E-state index is 11.6. The zero-order chi connectivity index (χ0) is 13.4. The van der Waals surface area contributed by atoms with Gasteiger partial charge in [-0.1, -0.05) is 18.2 Å². The molecule has 0 saturated heterocycles. The Morgan fingerprint density at radius 3 is 3.00 bits per heavy atom.